The lowest BCUT2D eigenvalue weighted by atomic mass is 9.90. The van der Waals surface area contributed by atoms with E-state index in [2.05, 4.69) is 17.1 Å². The van der Waals surface area contributed by atoms with E-state index < -0.39 is 12.7 Å². The quantitative estimate of drug-likeness (QED) is 0.821. The van der Waals surface area contributed by atoms with E-state index in [0.717, 1.165) is 32.4 Å². The second-order valence-corrected chi connectivity index (χ2v) is 5.77. The van der Waals surface area contributed by atoms with Gasteiger partial charge in [-0.1, -0.05) is 13.3 Å². The summed E-state index contributed by atoms with van der Waals surface area (Å²) >= 11 is 0. The molecule has 2 nitrogen and oxygen atoms in total. The maximum Gasteiger partial charge on any atom is 0.401 e. The average molecular weight is 264 g/mol. The third kappa shape index (κ3) is 4.43. The molecule has 2 atom stereocenters. The van der Waals surface area contributed by atoms with Crippen LogP contribution in [0.5, 0.6) is 0 Å². The first kappa shape index (κ1) is 14.1. The molecule has 1 aliphatic heterocycles. The minimum Gasteiger partial charge on any atom is -0.305 e. The molecule has 1 saturated heterocycles. The van der Waals surface area contributed by atoms with Crippen molar-refractivity contribution in [1.29, 1.82) is 0 Å². The van der Waals surface area contributed by atoms with Gasteiger partial charge in [-0.3, -0.25) is 4.90 Å². The van der Waals surface area contributed by atoms with Gasteiger partial charge in [0.25, 0.3) is 0 Å². The molecule has 0 aromatic rings. The number of alkyl halides is 3. The van der Waals surface area contributed by atoms with Crippen LogP contribution in [0.3, 0.4) is 0 Å². The largest absolute Gasteiger partial charge is 0.401 e. The van der Waals surface area contributed by atoms with E-state index >= 15 is 0 Å². The van der Waals surface area contributed by atoms with Gasteiger partial charge in [0, 0.05) is 25.2 Å². The number of halogens is 3. The van der Waals surface area contributed by atoms with Crippen molar-refractivity contribution in [1.82, 2.24) is 10.2 Å². The predicted octanol–water partition coefficient (Wildman–Crippen LogP) is 2.79. The molecule has 106 valence electrons. The van der Waals surface area contributed by atoms with Crippen molar-refractivity contribution in [3.63, 3.8) is 0 Å². The standard InChI is InChI=1S/C13H23F3N2/c1-2-3-10-6-11(17-9-13(14,15)16)8-18(7-10)12-4-5-12/h10-12,17H,2-9H2,1H3. The van der Waals surface area contributed by atoms with E-state index in [1.165, 1.54) is 12.8 Å². The molecule has 5 heteroatoms. The van der Waals surface area contributed by atoms with Crippen LogP contribution < -0.4 is 5.32 Å². The van der Waals surface area contributed by atoms with Crippen LogP contribution >= 0.6 is 0 Å². The Hall–Kier alpha value is -0.290. The lowest BCUT2D eigenvalue weighted by Gasteiger charge is -2.38. The second kappa shape index (κ2) is 5.78. The maximum atomic E-state index is 12.2. The van der Waals surface area contributed by atoms with Crippen LogP contribution in [0.1, 0.15) is 39.0 Å². The van der Waals surface area contributed by atoms with Crippen LogP contribution in [-0.2, 0) is 0 Å². The molecule has 0 radical (unpaired) electrons. The van der Waals surface area contributed by atoms with Crippen LogP contribution in [0.2, 0.25) is 0 Å². The SMILES string of the molecule is CCCC1CC(NCC(F)(F)F)CN(C2CC2)C1. The third-order valence-electron chi connectivity index (χ3n) is 3.92. The smallest absolute Gasteiger partial charge is 0.305 e. The van der Waals surface area contributed by atoms with Crippen molar-refractivity contribution in [2.75, 3.05) is 19.6 Å². The minimum absolute atomic E-state index is 0.0116. The lowest BCUT2D eigenvalue weighted by Crippen LogP contribution is -2.51. The zero-order chi connectivity index (χ0) is 13.2. The summed E-state index contributed by atoms with van der Waals surface area (Å²) in [6, 6.07) is 0.664. The molecule has 2 fully saturated rings. The highest BCUT2D eigenvalue weighted by Gasteiger charge is 2.37. The molecule has 2 rings (SSSR count). The summed E-state index contributed by atoms with van der Waals surface area (Å²) in [6.45, 7) is 3.17. The van der Waals surface area contributed by atoms with Crippen LogP contribution in [0.25, 0.3) is 0 Å². The highest BCUT2D eigenvalue weighted by atomic mass is 19.4. The molecule has 0 spiro atoms. The molecular formula is C13H23F3N2. The molecule has 1 aliphatic carbocycles. The van der Waals surface area contributed by atoms with Gasteiger partial charge in [0.1, 0.15) is 0 Å². The van der Waals surface area contributed by atoms with Crippen LogP contribution in [0.15, 0.2) is 0 Å². The van der Waals surface area contributed by atoms with E-state index in [-0.39, 0.29) is 6.04 Å². The fraction of sp³-hybridized carbons (Fsp3) is 1.00. The number of piperidine rings is 1. The van der Waals surface area contributed by atoms with E-state index in [9.17, 15) is 13.2 Å². The predicted molar refractivity (Wildman–Crippen MR) is 65.5 cm³/mol. The summed E-state index contributed by atoms with van der Waals surface area (Å²) in [4.78, 5) is 2.40. The molecule has 0 aromatic heterocycles. The monoisotopic (exact) mass is 264 g/mol. The molecular weight excluding hydrogens is 241 g/mol. The van der Waals surface area contributed by atoms with Gasteiger partial charge in [-0.05, 0) is 31.6 Å². The number of nitrogens with one attached hydrogen (secondary N) is 1. The topological polar surface area (TPSA) is 15.3 Å². The van der Waals surface area contributed by atoms with Gasteiger partial charge in [-0.2, -0.15) is 13.2 Å². The summed E-state index contributed by atoms with van der Waals surface area (Å²) in [5, 5.41) is 2.70. The van der Waals surface area contributed by atoms with Gasteiger partial charge >= 0.3 is 6.18 Å². The molecule has 1 saturated carbocycles. The summed E-state index contributed by atoms with van der Waals surface area (Å²) in [5.41, 5.74) is 0. The second-order valence-electron chi connectivity index (χ2n) is 5.77. The van der Waals surface area contributed by atoms with E-state index in [0.29, 0.717) is 12.0 Å². The molecule has 2 aliphatic rings. The van der Waals surface area contributed by atoms with Gasteiger partial charge in [0.15, 0.2) is 0 Å². The highest BCUT2D eigenvalue weighted by Crippen LogP contribution is 2.32. The molecule has 0 aromatic carbocycles. The van der Waals surface area contributed by atoms with E-state index in [4.69, 9.17) is 0 Å². The van der Waals surface area contributed by atoms with Crippen molar-refractivity contribution in [3.05, 3.63) is 0 Å². The minimum atomic E-state index is -4.10. The Balaban J connectivity index is 1.84. The van der Waals surface area contributed by atoms with Crippen molar-refractivity contribution in [2.45, 2.75) is 57.3 Å². The van der Waals surface area contributed by atoms with Gasteiger partial charge < -0.3 is 5.32 Å². The Morgan fingerprint density at radius 1 is 1.22 bits per heavy atom. The number of nitrogens with zero attached hydrogens (tertiary/aromatic N) is 1. The zero-order valence-electron chi connectivity index (χ0n) is 11.0. The molecule has 18 heavy (non-hydrogen) atoms. The Bertz CT molecular complexity index is 263. The van der Waals surface area contributed by atoms with Crippen LogP contribution in [0.4, 0.5) is 13.2 Å². The normalized spacial score (nSPS) is 30.7. The number of hydrogen-bond acceptors (Lipinski definition) is 2. The van der Waals surface area contributed by atoms with Crippen LogP contribution in [-0.4, -0.2) is 42.8 Å². The maximum absolute atomic E-state index is 12.2. The molecule has 0 bridgehead atoms. The van der Waals surface area contributed by atoms with Crippen molar-refractivity contribution in [3.8, 4) is 0 Å². The molecule has 1 N–H and O–H groups in total. The first-order valence-corrected chi connectivity index (χ1v) is 7.02. The molecule has 2 unspecified atom stereocenters. The van der Waals surface area contributed by atoms with Gasteiger partial charge in [0.05, 0.1) is 6.54 Å². The fourth-order valence-corrected chi connectivity index (χ4v) is 3.00. The van der Waals surface area contributed by atoms with Crippen molar-refractivity contribution in [2.24, 2.45) is 5.92 Å². The number of rotatable bonds is 5. The van der Waals surface area contributed by atoms with Gasteiger partial charge in [-0.15, -0.1) is 0 Å². The summed E-state index contributed by atoms with van der Waals surface area (Å²) < 4.78 is 36.7. The Labute approximate surface area is 107 Å². The summed E-state index contributed by atoms with van der Waals surface area (Å²) in [5.74, 6) is 0.565. The zero-order valence-corrected chi connectivity index (χ0v) is 11.0. The van der Waals surface area contributed by atoms with Crippen molar-refractivity contribution < 1.29 is 13.2 Å². The van der Waals surface area contributed by atoms with E-state index in [1.54, 1.807) is 0 Å². The number of hydrogen-bond donors (Lipinski definition) is 1. The van der Waals surface area contributed by atoms with Gasteiger partial charge in [0.2, 0.25) is 0 Å². The van der Waals surface area contributed by atoms with Gasteiger partial charge in [-0.25, -0.2) is 0 Å². The average Bonchev–Trinajstić information content (AvgIpc) is 3.09. The third-order valence-corrected chi connectivity index (χ3v) is 3.92. The Morgan fingerprint density at radius 2 is 1.94 bits per heavy atom. The highest BCUT2D eigenvalue weighted by molar-refractivity contribution is 4.92. The van der Waals surface area contributed by atoms with Crippen molar-refractivity contribution >= 4 is 0 Å². The summed E-state index contributed by atoms with van der Waals surface area (Å²) in [7, 11) is 0. The molecule has 1 heterocycles. The lowest BCUT2D eigenvalue weighted by molar-refractivity contribution is -0.127. The van der Waals surface area contributed by atoms with E-state index in [1.807, 2.05) is 0 Å². The van der Waals surface area contributed by atoms with Crippen LogP contribution in [0, 0.1) is 5.92 Å². The number of likely N-dealkylation sites (tertiary alicyclic amines) is 1. The first-order chi connectivity index (χ1) is 8.48. The fourth-order valence-electron chi connectivity index (χ4n) is 3.00. The first-order valence-electron chi connectivity index (χ1n) is 7.02. The molecule has 0 amide bonds. The Morgan fingerprint density at radius 3 is 2.50 bits per heavy atom. The summed E-state index contributed by atoms with van der Waals surface area (Å²) in [6.07, 6.45) is 1.51. The Kier molecular flexibility index (Phi) is 4.54.